The molecular weight excluding hydrogens is 332 g/mol. The Morgan fingerprint density at radius 3 is 2.69 bits per heavy atom. The summed E-state index contributed by atoms with van der Waals surface area (Å²) >= 11 is 0. The number of aryl methyl sites for hydroxylation is 2. The Morgan fingerprint density at radius 1 is 1.27 bits per heavy atom. The van der Waals surface area contributed by atoms with Crippen molar-refractivity contribution in [2.24, 2.45) is 11.8 Å². The van der Waals surface area contributed by atoms with Gasteiger partial charge in [0.25, 0.3) is 0 Å². The van der Waals surface area contributed by atoms with Crippen molar-refractivity contribution in [1.82, 2.24) is 9.88 Å². The topological polar surface area (TPSA) is 83.6 Å². The van der Waals surface area contributed by atoms with Crippen LogP contribution in [0.5, 0.6) is 0 Å². The number of nitrogens with zero attached hydrogens (tertiary/aromatic N) is 2. The van der Waals surface area contributed by atoms with Crippen molar-refractivity contribution in [2.75, 3.05) is 13.1 Å². The molecule has 0 aliphatic carbocycles. The van der Waals surface area contributed by atoms with Crippen molar-refractivity contribution in [1.29, 1.82) is 0 Å². The van der Waals surface area contributed by atoms with Crippen LogP contribution in [0, 0.1) is 18.8 Å². The normalized spacial score (nSPS) is 20.2. The molecule has 1 aliphatic heterocycles. The molecule has 0 radical (unpaired) electrons. The molecule has 1 N–H and O–H groups in total. The number of carbonyl (C=O) groups excluding carboxylic acids is 1. The third-order valence-corrected chi connectivity index (χ3v) is 4.79. The van der Waals surface area contributed by atoms with Crippen LogP contribution in [0.2, 0.25) is 0 Å². The second-order valence-corrected chi connectivity index (χ2v) is 7.06. The number of aromatic nitrogens is 1. The lowest BCUT2D eigenvalue weighted by atomic mass is 9.90. The lowest BCUT2D eigenvalue weighted by molar-refractivity contribution is -0.146. The predicted octanol–water partition coefficient (Wildman–Crippen LogP) is 3.15. The third-order valence-electron chi connectivity index (χ3n) is 4.79. The van der Waals surface area contributed by atoms with E-state index in [9.17, 15) is 14.7 Å². The standard InChI is InChI=1S/C20H24N2O4/c1-13-10-16(20(24)25)12-22(11-13)18(23)9-8-17-21-14(2)19(26-17)15-6-4-3-5-7-15/h3-7,13,16H,8-12H2,1-2H3,(H,24,25). The van der Waals surface area contributed by atoms with Gasteiger partial charge in [0.15, 0.2) is 11.7 Å². The van der Waals surface area contributed by atoms with Gasteiger partial charge in [-0.1, -0.05) is 37.3 Å². The Morgan fingerprint density at radius 2 is 2.00 bits per heavy atom. The number of aliphatic carboxylic acids is 1. The largest absolute Gasteiger partial charge is 0.481 e. The molecule has 6 nitrogen and oxygen atoms in total. The summed E-state index contributed by atoms with van der Waals surface area (Å²) in [4.78, 5) is 29.9. The first-order valence-electron chi connectivity index (χ1n) is 8.96. The van der Waals surface area contributed by atoms with Crippen molar-refractivity contribution < 1.29 is 19.1 Å². The summed E-state index contributed by atoms with van der Waals surface area (Å²) in [5.74, 6) is 0.115. The molecule has 1 aromatic heterocycles. The van der Waals surface area contributed by atoms with Crippen LogP contribution in [0.1, 0.15) is 31.4 Å². The predicted molar refractivity (Wildman–Crippen MR) is 96.5 cm³/mol. The van der Waals surface area contributed by atoms with Gasteiger partial charge in [-0.2, -0.15) is 0 Å². The Hall–Kier alpha value is -2.63. The fourth-order valence-electron chi connectivity index (χ4n) is 3.52. The van der Waals surface area contributed by atoms with Gasteiger partial charge in [0.2, 0.25) is 5.91 Å². The molecule has 26 heavy (non-hydrogen) atoms. The molecule has 2 heterocycles. The molecule has 1 amide bonds. The molecule has 0 saturated carbocycles. The summed E-state index contributed by atoms with van der Waals surface area (Å²) < 4.78 is 5.84. The maximum absolute atomic E-state index is 12.5. The van der Waals surface area contributed by atoms with Crippen LogP contribution < -0.4 is 0 Å². The van der Waals surface area contributed by atoms with Gasteiger partial charge in [-0.15, -0.1) is 0 Å². The van der Waals surface area contributed by atoms with E-state index >= 15 is 0 Å². The number of oxazole rings is 1. The Labute approximate surface area is 152 Å². The quantitative estimate of drug-likeness (QED) is 0.890. The van der Waals surface area contributed by atoms with Crippen molar-refractivity contribution >= 4 is 11.9 Å². The van der Waals surface area contributed by atoms with Gasteiger partial charge in [0, 0.05) is 31.5 Å². The van der Waals surface area contributed by atoms with E-state index in [0.29, 0.717) is 31.8 Å². The maximum Gasteiger partial charge on any atom is 0.308 e. The minimum atomic E-state index is -0.829. The van der Waals surface area contributed by atoms with Crippen molar-refractivity contribution in [2.45, 2.75) is 33.1 Å². The Kier molecular flexibility index (Phi) is 5.40. The van der Waals surface area contributed by atoms with E-state index < -0.39 is 11.9 Å². The highest BCUT2D eigenvalue weighted by molar-refractivity contribution is 5.78. The lowest BCUT2D eigenvalue weighted by Crippen LogP contribution is -2.45. The lowest BCUT2D eigenvalue weighted by Gasteiger charge is -2.34. The van der Waals surface area contributed by atoms with Gasteiger partial charge in [-0.25, -0.2) is 4.98 Å². The first-order valence-corrected chi connectivity index (χ1v) is 8.96. The van der Waals surface area contributed by atoms with E-state index in [0.717, 1.165) is 17.0 Å². The van der Waals surface area contributed by atoms with E-state index in [1.165, 1.54) is 0 Å². The fourth-order valence-corrected chi connectivity index (χ4v) is 3.52. The number of carboxylic acids is 1. The second kappa shape index (κ2) is 7.72. The van der Waals surface area contributed by atoms with E-state index in [4.69, 9.17) is 4.42 Å². The average molecular weight is 356 g/mol. The minimum absolute atomic E-state index is 0.0417. The number of amides is 1. The molecule has 1 saturated heterocycles. The zero-order chi connectivity index (χ0) is 18.7. The summed E-state index contributed by atoms with van der Waals surface area (Å²) in [6, 6.07) is 9.75. The molecule has 3 rings (SSSR count). The molecule has 2 atom stereocenters. The van der Waals surface area contributed by atoms with Crippen LogP contribution in [0.25, 0.3) is 11.3 Å². The molecule has 2 aromatic rings. The van der Waals surface area contributed by atoms with Gasteiger partial charge in [-0.05, 0) is 19.3 Å². The SMILES string of the molecule is Cc1nc(CCC(=O)N2CC(C)CC(C(=O)O)C2)oc1-c1ccccc1. The number of hydrogen-bond acceptors (Lipinski definition) is 4. The van der Waals surface area contributed by atoms with Gasteiger partial charge in [-0.3, -0.25) is 9.59 Å². The second-order valence-electron chi connectivity index (χ2n) is 7.06. The summed E-state index contributed by atoms with van der Waals surface area (Å²) in [5.41, 5.74) is 1.76. The van der Waals surface area contributed by atoms with E-state index in [1.54, 1.807) is 4.90 Å². The van der Waals surface area contributed by atoms with Gasteiger partial charge in [0.05, 0.1) is 11.6 Å². The molecule has 1 aliphatic rings. The smallest absolute Gasteiger partial charge is 0.308 e. The van der Waals surface area contributed by atoms with E-state index in [-0.39, 0.29) is 18.2 Å². The molecule has 6 heteroatoms. The van der Waals surface area contributed by atoms with Crippen LogP contribution in [0.3, 0.4) is 0 Å². The summed E-state index contributed by atoms with van der Waals surface area (Å²) in [7, 11) is 0. The number of carboxylic acid groups (broad SMARTS) is 1. The molecule has 1 fully saturated rings. The fraction of sp³-hybridized carbons (Fsp3) is 0.450. The Bertz CT molecular complexity index is 784. The summed E-state index contributed by atoms with van der Waals surface area (Å²) in [6.45, 7) is 4.78. The number of benzene rings is 1. The van der Waals surface area contributed by atoms with Crippen molar-refractivity contribution in [3.8, 4) is 11.3 Å². The van der Waals surface area contributed by atoms with Crippen LogP contribution in [0.15, 0.2) is 34.7 Å². The number of likely N-dealkylation sites (tertiary alicyclic amines) is 1. The zero-order valence-electron chi connectivity index (χ0n) is 15.1. The Balaban J connectivity index is 1.62. The van der Waals surface area contributed by atoms with Crippen molar-refractivity contribution in [3.63, 3.8) is 0 Å². The number of hydrogen-bond donors (Lipinski definition) is 1. The number of rotatable bonds is 5. The first-order chi connectivity index (χ1) is 12.4. The molecule has 0 bridgehead atoms. The summed E-state index contributed by atoms with van der Waals surface area (Å²) in [5, 5.41) is 9.24. The van der Waals surface area contributed by atoms with Gasteiger partial charge >= 0.3 is 5.97 Å². The summed E-state index contributed by atoms with van der Waals surface area (Å²) in [6.07, 6.45) is 1.31. The zero-order valence-corrected chi connectivity index (χ0v) is 15.1. The van der Waals surface area contributed by atoms with Crippen LogP contribution in [0.4, 0.5) is 0 Å². The van der Waals surface area contributed by atoms with E-state index in [2.05, 4.69) is 4.98 Å². The van der Waals surface area contributed by atoms with E-state index in [1.807, 2.05) is 44.2 Å². The van der Waals surface area contributed by atoms with Crippen LogP contribution in [-0.4, -0.2) is 40.0 Å². The highest BCUT2D eigenvalue weighted by Gasteiger charge is 2.31. The molecule has 0 spiro atoms. The van der Waals surface area contributed by atoms with Gasteiger partial charge in [0.1, 0.15) is 0 Å². The molecule has 138 valence electrons. The first kappa shape index (κ1) is 18.2. The van der Waals surface area contributed by atoms with Crippen molar-refractivity contribution in [3.05, 3.63) is 41.9 Å². The number of carbonyl (C=O) groups is 2. The van der Waals surface area contributed by atoms with Gasteiger partial charge < -0.3 is 14.4 Å². The molecular formula is C20H24N2O4. The third kappa shape index (κ3) is 4.12. The molecule has 1 aromatic carbocycles. The molecule has 2 unspecified atom stereocenters. The monoisotopic (exact) mass is 356 g/mol. The van der Waals surface area contributed by atoms with Crippen LogP contribution in [-0.2, 0) is 16.0 Å². The highest BCUT2D eigenvalue weighted by Crippen LogP contribution is 2.26. The average Bonchev–Trinajstić information content (AvgIpc) is 3.00. The maximum atomic E-state index is 12.5. The highest BCUT2D eigenvalue weighted by atomic mass is 16.4. The number of piperidine rings is 1. The minimum Gasteiger partial charge on any atom is -0.481 e. The van der Waals surface area contributed by atoms with Crippen LogP contribution >= 0.6 is 0 Å².